The van der Waals surface area contributed by atoms with Crippen LogP contribution in [-0.4, -0.2) is 28.4 Å². The average molecular weight is 326 g/mol. The number of aldehydes is 1. The molecule has 0 saturated heterocycles. The third-order valence-electron chi connectivity index (χ3n) is 3.90. The van der Waals surface area contributed by atoms with Crippen molar-refractivity contribution in [1.29, 1.82) is 0 Å². The molecule has 1 unspecified atom stereocenters. The number of rotatable bonds is 8. The van der Waals surface area contributed by atoms with E-state index in [1.807, 2.05) is 0 Å². The van der Waals surface area contributed by atoms with E-state index in [0.29, 0.717) is 19.3 Å². The van der Waals surface area contributed by atoms with Crippen LogP contribution in [0.3, 0.4) is 0 Å². The predicted molar refractivity (Wildman–Crippen MR) is 88.4 cm³/mol. The molecule has 2 rings (SSSR count). The molecule has 0 heterocycles. The van der Waals surface area contributed by atoms with Gasteiger partial charge in [-0.2, -0.15) is 0 Å². The van der Waals surface area contributed by atoms with Gasteiger partial charge in [0.05, 0.1) is 11.1 Å². The van der Waals surface area contributed by atoms with Crippen LogP contribution in [0.25, 0.3) is 0 Å². The van der Waals surface area contributed by atoms with Crippen LogP contribution in [0.2, 0.25) is 0 Å². The third kappa shape index (κ3) is 4.78. The van der Waals surface area contributed by atoms with Crippen molar-refractivity contribution < 1.29 is 24.6 Å². The number of hydrogen-bond donors (Lipinski definition) is 2. The van der Waals surface area contributed by atoms with Crippen LogP contribution in [0.15, 0.2) is 48.5 Å². The maximum atomic E-state index is 11.3. The first-order valence-electron chi connectivity index (χ1n) is 7.59. The summed E-state index contributed by atoms with van der Waals surface area (Å²) in [5.74, 6) is -2.10. The second-order valence-corrected chi connectivity index (χ2v) is 5.64. The minimum absolute atomic E-state index is 0.167. The predicted octanol–water partition coefficient (Wildman–Crippen LogP) is 3.07. The summed E-state index contributed by atoms with van der Waals surface area (Å²) in [6.07, 6.45) is 2.79. The first-order valence-corrected chi connectivity index (χ1v) is 7.59. The summed E-state index contributed by atoms with van der Waals surface area (Å²) in [6, 6.07) is 13.1. The first kappa shape index (κ1) is 17.4. The molecule has 0 aliphatic rings. The lowest BCUT2D eigenvalue weighted by atomic mass is 9.93. The fraction of sp³-hybridized carbons (Fsp3) is 0.211. The second-order valence-electron chi connectivity index (χ2n) is 5.64. The molecule has 0 bridgehead atoms. The van der Waals surface area contributed by atoms with Gasteiger partial charge in [-0.3, -0.25) is 0 Å². The van der Waals surface area contributed by atoms with Gasteiger partial charge in [-0.05, 0) is 54.7 Å². The van der Waals surface area contributed by atoms with Crippen molar-refractivity contribution in [2.45, 2.75) is 19.3 Å². The number of carboxylic acid groups (broad SMARTS) is 2. The maximum absolute atomic E-state index is 11.3. The molecule has 0 aliphatic carbocycles. The zero-order valence-corrected chi connectivity index (χ0v) is 13.0. The largest absolute Gasteiger partial charge is 0.478 e. The molecule has 1 atom stereocenters. The number of carbonyl (C=O) groups is 3. The van der Waals surface area contributed by atoms with E-state index in [4.69, 9.17) is 10.2 Å². The van der Waals surface area contributed by atoms with Crippen LogP contribution < -0.4 is 0 Å². The molecular weight excluding hydrogens is 308 g/mol. The van der Waals surface area contributed by atoms with E-state index in [-0.39, 0.29) is 17.0 Å². The molecular formula is C19H18O5. The van der Waals surface area contributed by atoms with Gasteiger partial charge in [-0.15, -0.1) is 0 Å². The minimum atomic E-state index is -0.974. The highest BCUT2D eigenvalue weighted by Gasteiger charge is 2.10. The van der Waals surface area contributed by atoms with Crippen molar-refractivity contribution >= 4 is 18.2 Å². The smallest absolute Gasteiger partial charge is 0.335 e. The quantitative estimate of drug-likeness (QED) is 0.727. The van der Waals surface area contributed by atoms with Gasteiger partial charge in [0.1, 0.15) is 6.29 Å². The summed E-state index contributed by atoms with van der Waals surface area (Å²) < 4.78 is 0. The highest BCUT2D eigenvalue weighted by Crippen LogP contribution is 2.15. The molecule has 0 spiro atoms. The number of aryl methyl sites for hydroxylation is 1. The zero-order valence-electron chi connectivity index (χ0n) is 13.0. The van der Waals surface area contributed by atoms with Crippen LogP contribution in [0.4, 0.5) is 0 Å². The molecule has 0 saturated carbocycles. The molecule has 5 nitrogen and oxygen atoms in total. The Balaban J connectivity index is 1.93. The van der Waals surface area contributed by atoms with E-state index >= 15 is 0 Å². The van der Waals surface area contributed by atoms with E-state index in [1.165, 1.54) is 12.1 Å². The lowest BCUT2D eigenvalue weighted by Crippen LogP contribution is -2.08. The van der Waals surface area contributed by atoms with Crippen molar-refractivity contribution in [1.82, 2.24) is 0 Å². The fourth-order valence-corrected chi connectivity index (χ4v) is 2.47. The Kier molecular flexibility index (Phi) is 5.84. The molecule has 0 aromatic heterocycles. The highest BCUT2D eigenvalue weighted by molar-refractivity contribution is 5.88. The van der Waals surface area contributed by atoms with Gasteiger partial charge in [0, 0.05) is 5.92 Å². The van der Waals surface area contributed by atoms with Crippen LogP contribution >= 0.6 is 0 Å². The summed E-state index contributed by atoms with van der Waals surface area (Å²) in [7, 11) is 0. The Morgan fingerprint density at radius 1 is 0.833 bits per heavy atom. The number of aromatic carboxylic acids is 2. The number of benzene rings is 2. The Labute approximate surface area is 139 Å². The Morgan fingerprint density at radius 3 is 1.71 bits per heavy atom. The molecule has 0 aliphatic heterocycles. The summed E-state index contributed by atoms with van der Waals surface area (Å²) in [5, 5.41) is 17.7. The van der Waals surface area contributed by atoms with Crippen LogP contribution in [0.1, 0.15) is 38.3 Å². The number of hydrogen-bond acceptors (Lipinski definition) is 3. The number of carbonyl (C=O) groups excluding carboxylic acids is 1. The average Bonchev–Trinajstić information content (AvgIpc) is 2.59. The monoisotopic (exact) mass is 326 g/mol. The minimum Gasteiger partial charge on any atom is -0.478 e. The van der Waals surface area contributed by atoms with Crippen LogP contribution in [0, 0.1) is 5.92 Å². The van der Waals surface area contributed by atoms with Gasteiger partial charge < -0.3 is 15.0 Å². The Morgan fingerprint density at radius 2 is 1.29 bits per heavy atom. The van der Waals surface area contributed by atoms with E-state index in [1.54, 1.807) is 36.4 Å². The van der Waals surface area contributed by atoms with E-state index in [0.717, 1.165) is 17.4 Å². The fourth-order valence-electron chi connectivity index (χ4n) is 2.47. The standard InChI is InChI=1S/C19H18O5/c20-12-15(11-14-5-9-17(10-6-14)19(23)24)2-1-13-3-7-16(8-4-13)18(21)22/h3-10,12,15H,1-2,11H2,(H,21,22)(H,23,24). The lowest BCUT2D eigenvalue weighted by Gasteiger charge is -2.11. The van der Waals surface area contributed by atoms with Crippen molar-refractivity contribution in [2.75, 3.05) is 0 Å². The Bertz CT molecular complexity index is 716. The first-order chi connectivity index (χ1) is 11.5. The molecule has 0 amide bonds. The van der Waals surface area contributed by atoms with Gasteiger partial charge in [-0.25, -0.2) is 9.59 Å². The van der Waals surface area contributed by atoms with Gasteiger partial charge in [0.2, 0.25) is 0 Å². The van der Waals surface area contributed by atoms with Crippen molar-refractivity contribution in [3.8, 4) is 0 Å². The molecule has 0 fully saturated rings. The highest BCUT2D eigenvalue weighted by atomic mass is 16.4. The zero-order chi connectivity index (χ0) is 17.5. The lowest BCUT2D eigenvalue weighted by molar-refractivity contribution is -0.111. The van der Waals surface area contributed by atoms with Crippen molar-refractivity contribution in [3.05, 3.63) is 70.8 Å². The summed E-state index contributed by atoms with van der Waals surface area (Å²) in [4.78, 5) is 32.9. The van der Waals surface area contributed by atoms with E-state index in [9.17, 15) is 14.4 Å². The second kappa shape index (κ2) is 8.06. The van der Waals surface area contributed by atoms with Crippen LogP contribution in [0.5, 0.6) is 0 Å². The molecule has 0 radical (unpaired) electrons. The van der Waals surface area contributed by atoms with Crippen molar-refractivity contribution in [2.24, 2.45) is 5.92 Å². The molecule has 2 aromatic rings. The number of carboxylic acids is 2. The van der Waals surface area contributed by atoms with Crippen LogP contribution in [-0.2, 0) is 17.6 Å². The van der Waals surface area contributed by atoms with E-state index in [2.05, 4.69) is 0 Å². The molecule has 5 heteroatoms. The van der Waals surface area contributed by atoms with Crippen molar-refractivity contribution in [3.63, 3.8) is 0 Å². The van der Waals surface area contributed by atoms with E-state index < -0.39 is 11.9 Å². The maximum Gasteiger partial charge on any atom is 0.335 e. The molecule has 2 N–H and O–H groups in total. The topological polar surface area (TPSA) is 91.7 Å². The third-order valence-corrected chi connectivity index (χ3v) is 3.90. The Hall–Kier alpha value is -2.95. The molecule has 2 aromatic carbocycles. The summed E-state index contributed by atoms with van der Waals surface area (Å²) in [5.41, 5.74) is 2.36. The van der Waals surface area contributed by atoms with Gasteiger partial charge in [0.25, 0.3) is 0 Å². The van der Waals surface area contributed by atoms with Gasteiger partial charge in [-0.1, -0.05) is 24.3 Å². The molecule has 24 heavy (non-hydrogen) atoms. The summed E-state index contributed by atoms with van der Waals surface area (Å²) in [6.45, 7) is 0. The van der Waals surface area contributed by atoms with Gasteiger partial charge in [0.15, 0.2) is 0 Å². The normalized spacial score (nSPS) is 11.7. The summed E-state index contributed by atoms with van der Waals surface area (Å²) >= 11 is 0. The van der Waals surface area contributed by atoms with Gasteiger partial charge >= 0.3 is 11.9 Å². The molecule has 124 valence electrons. The SMILES string of the molecule is O=CC(CCc1ccc(C(=O)O)cc1)Cc1ccc(C(=O)O)cc1.